The lowest BCUT2D eigenvalue weighted by Crippen LogP contribution is -2.38. The van der Waals surface area contributed by atoms with Crippen molar-refractivity contribution < 1.29 is 14.3 Å². The van der Waals surface area contributed by atoms with Gasteiger partial charge >= 0.3 is 12.0 Å². The molecule has 0 saturated heterocycles. The Morgan fingerprint density at radius 3 is 2.91 bits per heavy atom. The Kier molecular flexibility index (Phi) is 5.12. The second kappa shape index (κ2) is 8.10. The van der Waals surface area contributed by atoms with Crippen LogP contribution in [0.1, 0.15) is 17.5 Å². The quantitative estimate of drug-likeness (QED) is 0.554. The van der Waals surface area contributed by atoms with Gasteiger partial charge in [-0.15, -0.1) is 0 Å². The topological polar surface area (TPSA) is 138 Å². The highest BCUT2D eigenvalue weighted by Gasteiger charge is 2.21. The van der Waals surface area contributed by atoms with Crippen LogP contribution in [-0.4, -0.2) is 27.0 Å². The fraction of sp³-hybridized carbons (Fsp3) is 0.182. The second-order valence-corrected chi connectivity index (χ2v) is 7.86. The van der Waals surface area contributed by atoms with Crippen LogP contribution in [-0.2, 0) is 18.0 Å². The van der Waals surface area contributed by atoms with Crippen LogP contribution in [0, 0.1) is 0 Å². The highest BCUT2D eigenvalue weighted by Crippen LogP contribution is 2.39. The van der Waals surface area contributed by atoms with E-state index in [2.05, 4.69) is 20.3 Å². The van der Waals surface area contributed by atoms with Crippen LogP contribution in [0.5, 0.6) is 6.01 Å². The molecule has 1 aromatic heterocycles. The Balaban J connectivity index is 1.56. The molecule has 2 amide bonds. The van der Waals surface area contributed by atoms with Gasteiger partial charge in [0.25, 0.3) is 0 Å². The van der Waals surface area contributed by atoms with Crippen molar-refractivity contribution in [2.24, 2.45) is 5.73 Å². The number of benzene rings is 2. The van der Waals surface area contributed by atoms with Crippen molar-refractivity contribution in [1.29, 1.82) is 0 Å². The molecule has 5 N–H and O–H groups in total. The van der Waals surface area contributed by atoms with Crippen molar-refractivity contribution >= 4 is 34.4 Å². The molecular weight excluding hydrogens is 432 g/mol. The molecule has 2 aliphatic rings. The first-order valence-corrected chi connectivity index (χ1v) is 10.3. The van der Waals surface area contributed by atoms with E-state index in [-0.39, 0.29) is 18.0 Å². The second-order valence-electron chi connectivity index (χ2n) is 7.45. The third-order valence-electron chi connectivity index (χ3n) is 5.23. The number of amides is 2. The number of carbonyl (C=O) groups is 1. The van der Waals surface area contributed by atoms with Gasteiger partial charge in [0.1, 0.15) is 5.76 Å². The SMILES string of the molecule is NC(=O)NC1C=C(Oc2nc(N)nc(-c3c(Cl)cc4c5c(cccc35)COC4)n2)C=CC1. The van der Waals surface area contributed by atoms with Crippen LogP contribution >= 0.6 is 11.6 Å². The molecule has 1 aliphatic carbocycles. The standard InChI is InChI=1S/C22H19ClN6O3/c23-16-7-12-10-31-9-11-3-1-6-15(17(11)12)18(16)19-27-20(24)29-22(28-19)32-14-5-2-4-13(8-14)26-21(25)30/h1-3,5-8,13H,4,9-10H2,(H3,25,26,30)(H2,24,27,28,29). The number of nitrogen functional groups attached to an aromatic ring is 1. The predicted molar refractivity (Wildman–Crippen MR) is 120 cm³/mol. The van der Waals surface area contributed by atoms with Gasteiger partial charge in [-0.1, -0.05) is 35.9 Å². The van der Waals surface area contributed by atoms with Crippen LogP contribution < -0.4 is 21.5 Å². The summed E-state index contributed by atoms with van der Waals surface area (Å²) in [5.74, 6) is 0.753. The molecule has 1 atom stereocenters. The van der Waals surface area contributed by atoms with E-state index in [1.165, 1.54) is 0 Å². The number of nitrogens with zero attached hydrogens (tertiary/aromatic N) is 3. The molecule has 1 unspecified atom stereocenters. The van der Waals surface area contributed by atoms with Gasteiger partial charge in [0.05, 0.1) is 24.3 Å². The number of nitrogens with one attached hydrogen (secondary N) is 1. The molecule has 10 heteroatoms. The third kappa shape index (κ3) is 3.83. The van der Waals surface area contributed by atoms with Crippen molar-refractivity contribution in [1.82, 2.24) is 20.3 Å². The lowest BCUT2D eigenvalue weighted by molar-refractivity contribution is 0.103. The average Bonchev–Trinajstić information content (AvgIpc) is 2.73. The monoisotopic (exact) mass is 450 g/mol. The maximum atomic E-state index is 11.1. The summed E-state index contributed by atoms with van der Waals surface area (Å²) in [5, 5.41) is 5.09. The van der Waals surface area contributed by atoms with Crippen LogP contribution in [0.3, 0.4) is 0 Å². The first-order valence-electron chi connectivity index (χ1n) is 9.93. The molecule has 9 nitrogen and oxygen atoms in total. The molecule has 32 heavy (non-hydrogen) atoms. The number of ether oxygens (including phenoxy) is 2. The van der Waals surface area contributed by atoms with Crippen molar-refractivity contribution in [3.8, 4) is 17.4 Å². The van der Waals surface area contributed by atoms with E-state index in [0.717, 1.165) is 21.9 Å². The van der Waals surface area contributed by atoms with Gasteiger partial charge in [0.15, 0.2) is 5.82 Å². The average molecular weight is 451 g/mol. The molecule has 5 rings (SSSR count). The number of nitrogens with two attached hydrogens (primary N) is 2. The zero-order valence-corrected chi connectivity index (χ0v) is 17.6. The van der Waals surface area contributed by atoms with E-state index in [9.17, 15) is 4.79 Å². The van der Waals surface area contributed by atoms with E-state index < -0.39 is 6.03 Å². The number of rotatable bonds is 4. The first-order chi connectivity index (χ1) is 15.5. The molecule has 2 aromatic carbocycles. The zero-order chi connectivity index (χ0) is 22.2. The number of carbonyl (C=O) groups excluding carboxylic acids is 1. The van der Waals surface area contributed by atoms with Crippen molar-refractivity contribution in [2.75, 3.05) is 5.73 Å². The molecule has 0 spiro atoms. The Bertz CT molecular complexity index is 1310. The van der Waals surface area contributed by atoms with E-state index in [4.69, 9.17) is 32.5 Å². The molecule has 0 saturated carbocycles. The van der Waals surface area contributed by atoms with Gasteiger partial charge in [-0.05, 0) is 46.5 Å². The molecule has 2 heterocycles. The third-order valence-corrected chi connectivity index (χ3v) is 5.52. The summed E-state index contributed by atoms with van der Waals surface area (Å²) in [6, 6.07) is 6.93. The molecule has 0 radical (unpaired) electrons. The first kappa shape index (κ1) is 20.2. The van der Waals surface area contributed by atoms with E-state index >= 15 is 0 Å². The number of halogens is 1. The lowest BCUT2D eigenvalue weighted by Gasteiger charge is -2.20. The summed E-state index contributed by atoms with van der Waals surface area (Å²) in [4.78, 5) is 24.0. The van der Waals surface area contributed by atoms with Crippen LogP contribution in [0.15, 0.2) is 48.3 Å². The Morgan fingerprint density at radius 2 is 2.06 bits per heavy atom. The largest absolute Gasteiger partial charge is 0.424 e. The number of primary amides is 1. The highest BCUT2D eigenvalue weighted by molar-refractivity contribution is 6.35. The van der Waals surface area contributed by atoms with E-state index in [0.29, 0.717) is 41.8 Å². The van der Waals surface area contributed by atoms with Crippen molar-refractivity contribution in [3.63, 3.8) is 0 Å². The summed E-state index contributed by atoms with van der Waals surface area (Å²) >= 11 is 6.65. The van der Waals surface area contributed by atoms with Gasteiger partial charge in [-0.25, -0.2) is 4.79 Å². The molecule has 0 fully saturated rings. The summed E-state index contributed by atoms with van der Waals surface area (Å²) < 4.78 is 11.5. The zero-order valence-electron chi connectivity index (χ0n) is 16.8. The number of hydrogen-bond acceptors (Lipinski definition) is 7. The maximum absolute atomic E-state index is 11.1. The Hall–Kier alpha value is -3.69. The number of hydrogen-bond donors (Lipinski definition) is 3. The molecular formula is C22H19ClN6O3. The van der Waals surface area contributed by atoms with Gasteiger partial charge in [0.2, 0.25) is 5.95 Å². The van der Waals surface area contributed by atoms with Gasteiger partial charge in [-0.2, -0.15) is 15.0 Å². The lowest BCUT2D eigenvalue weighted by atomic mass is 9.94. The minimum Gasteiger partial charge on any atom is -0.424 e. The van der Waals surface area contributed by atoms with Crippen molar-refractivity contribution in [3.05, 3.63) is 64.4 Å². The highest BCUT2D eigenvalue weighted by atomic mass is 35.5. The normalized spacial score (nSPS) is 17.2. The molecule has 3 aromatic rings. The summed E-state index contributed by atoms with van der Waals surface area (Å²) in [6.07, 6.45) is 5.93. The predicted octanol–water partition coefficient (Wildman–Crippen LogP) is 3.22. The van der Waals surface area contributed by atoms with Crippen LogP contribution in [0.2, 0.25) is 5.02 Å². The minimum absolute atomic E-state index is 0.00271. The summed E-state index contributed by atoms with van der Waals surface area (Å²) in [5.41, 5.74) is 13.9. The van der Waals surface area contributed by atoms with Crippen molar-refractivity contribution in [2.45, 2.75) is 25.7 Å². The number of allylic oxidation sites excluding steroid dienone is 1. The number of aromatic nitrogens is 3. The smallest absolute Gasteiger partial charge is 0.327 e. The fourth-order valence-corrected chi connectivity index (χ4v) is 4.30. The number of anilines is 1. The molecule has 162 valence electrons. The Labute approximate surface area is 188 Å². The number of urea groups is 1. The minimum atomic E-state index is -0.615. The molecule has 1 aliphatic heterocycles. The molecule has 0 bridgehead atoms. The fourth-order valence-electron chi connectivity index (χ4n) is 3.98. The van der Waals surface area contributed by atoms with Gasteiger partial charge in [-0.3, -0.25) is 0 Å². The maximum Gasteiger partial charge on any atom is 0.327 e. The summed E-state index contributed by atoms with van der Waals surface area (Å²) in [7, 11) is 0. The van der Waals surface area contributed by atoms with E-state index in [1.54, 1.807) is 12.2 Å². The van der Waals surface area contributed by atoms with Crippen LogP contribution in [0.25, 0.3) is 22.2 Å². The van der Waals surface area contributed by atoms with E-state index in [1.807, 2.05) is 30.3 Å². The van der Waals surface area contributed by atoms with Gasteiger partial charge < -0.3 is 26.3 Å². The van der Waals surface area contributed by atoms with Crippen LogP contribution in [0.4, 0.5) is 10.7 Å². The van der Waals surface area contributed by atoms with Gasteiger partial charge in [0, 0.05) is 5.56 Å². The Morgan fingerprint density at radius 1 is 1.22 bits per heavy atom. The summed E-state index contributed by atoms with van der Waals surface area (Å²) in [6.45, 7) is 1.02.